The van der Waals surface area contributed by atoms with Crippen molar-refractivity contribution in [1.29, 1.82) is 0 Å². The number of rotatable bonds is 5. The number of anilines is 1. The number of benzene rings is 2. The largest absolute Gasteiger partial charge is 0.350 e. The van der Waals surface area contributed by atoms with E-state index in [0.717, 1.165) is 4.47 Å². The van der Waals surface area contributed by atoms with Crippen LogP contribution in [0, 0.1) is 0 Å². The van der Waals surface area contributed by atoms with E-state index in [4.69, 9.17) is 0 Å². The number of hydrogen-bond acceptors (Lipinski definition) is 3. The summed E-state index contributed by atoms with van der Waals surface area (Å²) in [6.45, 7) is 3.72. The normalized spacial score (nSPS) is 11.3. The molecule has 2 aromatic rings. The van der Waals surface area contributed by atoms with Gasteiger partial charge in [-0.25, -0.2) is 8.42 Å². The highest BCUT2D eigenvalue weighted by Crippen LogP contribution is 2.19. The molecular weight excluding hydrogens is 380 g/mol. The fourth-order valence-corrected chi connectivity index (χ4v) is 3.21. The molecule has 2 N–H and O–H groups in total. The second-order valence-electron chi connectivity index (χ2n) is 5.27. The van der Waals surface area contributed by atoms with Gasteiger partial charge in [0.1, 0.15) is 0 Å². The molecule has 0 aliphatic rings. The zero-order valence-electron chi connectivity index (χ0n) is 12.7. The van der Waals surface area contributed by atoms with Gasteiger partial charge in [0.15, 0.2) is 0 Å². The molecule has 0 heterocycles. The number of hydrogen-bond donors (Lipinski definition) is 2. The number of sulfonamides is 1. The Morgan fingerprint density at radius 3 is 2.35 bits per heavy atom. The smallest absolute Gasteiger partial charge is 0.261 e. The van der Waals surface area contributed by atoms with E-state index in [1.54, 1.807) is 30.3 Å². The van der Waals surface area contributed by atoms with Gasteiger partial charge in [-0.1, -0.05) is 22.0 Å². The molecule has 2 rings (SSSR count). The lowest BCUT2D eigenvalue weighted by Crippen LogP contribution is -2.30. The molecule has 0 atom stereocenters. The second-order valence-corrected chi connectivity index (χ2v) is 7.87. The lowest BCUT2D eigenvalue weighted by molar-refractivity contribution is 0.0943. The van der Waals surface area contributed by atoms with Crippen LogP contribution in [0.15, 0.2) is 57.9 Å². The molecule has 0 radical (unpaired) electrons. The van der Waals surface area contributed by atoms with Crippen LogP contribution in [0.4, 0.5) is 5.69 Å². The molecule has 122 valence electrons. The minimum absolute atomic E-state index is 0.00520. The molecule has 1 amide bonds. The van der Waals surface area contributed by atoms with E-state index in [1.165, 1.54) is 18.2 Å². The quantitative estimate of drug-likeness (QED) is 0.812. The molecule has 23 heavy (non-hydrogen) atoms. The number of amides is 1. The van der Waals surface area contributed by atoms with Crippen LogP contribution in [0.1, 0.15) is 24.2 Å². The standard InChI is InChI=1S/C16H17BrN2O3S/c1-11(2)18-16(20)12-4-3-5-14(10-12)19-23(21,22)15-8-6-13(17)7-9-15/h3-11,19H,1-2H3,(H,18,20). The minimum Gasteiger partial charge on any atom is -0.350 e. The van der Waals surface area contributed by atoms with Gasteiger partial charge < -0.3 is 5.32 Å². The summed E-state index contributed by atoms with van der Waals surface area (Å²) in [4.78, 5) is 12.1. The molecule has 7 heteroatoms. The van der Waals surface area contributed by atoms with Crippen molar-refractivity contribution in [2.24, 2.45) is 0 Å². The minimum atomic E-state index is -3.70. The Bertz CT molecular complexity index is 802. The average molecular weight is 397 g/mol. The van der Waals surface area contributed by atoms with E-state index < -0.39 is 10.0 Å². The van der Waals surface area contributed by atoms with Crippen LogP contribution in [-0.4, -0.2) is 20.4 Å². The lowest BCUT2D eigenvalue weighted by Gasteiger charge is -2.11. The monoisotopic (exact) mass is 396 g/mol. The first-order valence-corrected chi connectivity index (χ1v) is 9.25. The van der Waals surface area contributed by atoms with E-state index >= 15 is 0 Å². The van der Waals surface area contributed by atoms with Crippen LogP contribution >= 0.6 is 15.9 Å². The van der Waals surface area contributed by atoms with Crippen LogP contribution in [0.5, 0.6) is 0 Å². The summed E-state index contributed by atoms with van der Waals surface area (Å²) in [6, 6.07) is 12.7. The van der Waals surface area contributed by atoms with Gasteiger partial charge in [0.2, 0.25) is 0 Å². The van der Waals surface area contributed by atoms with Gasteiger partial charge in [0, 0.05) is 21.8 Å². The molecule has 0 saturated carbocycles. The van der Waals surface area contributed by atoms with E-state index in [2.05, 4.69) is 26.0 Å². The maximum atomic E-state index is 12.3. The molecular formula is C16H17BrN2O3S. The fourth-order valence-electron chi connectivity index (χ4n) is 1.90. The van der Waals surface area contributed by atoms with E-state index in [9.17, 15) is 13.2 Å². The van der Waals surface area contributed by atoms with Crippen molar-refractivity contribution in [3.8, 4) is 0 Å². The van der Waals surface area contributed by atoms with Crippen LogP contribution in [0.2, 0.25) is 0 Å². The number of halogens is 1. The van der Waals surface area contributed by atoms with Gasteiger partial charge in [-0.3, -0.25) is 9.52 Å². The molecule has 5 nitrogen and oxygen atoms in total. The summed E-state index contributed by atoms with van der Waals surface area (Å²) in [5.41, 5.74) is 0.735. The van der Waals surface area contributed by atoms with Gasteiger partial charge in [-0.05, 0) is 56.3 Å². The first kappa shape index (κ1) is 17.5. The highest BCUT2D eigenvalue weighted by atomic mass is 79.9. The summed E-state index contributed by atoms with van der Waals surface area (Å²) in [5, 5.41) is 2.77. The number of carbonyl (C=O) groups excluding carboxylic acids is 1. The summed E-state index contributed by atoms with van der Waals surface area (Å²) >= 11 is 3.26. The summed E-state index contributed by atoms with van der Waals surface area (Å²) < 4.78 is 28.0. The average Bonchev–Trinajstić information content (AvgIpc) is 2.46. The van der Waals surface area contributed by atoms with E-state index in [-0.39, 0.29) is 16.8 Å². The Balaban J connectivity index is 2.23. The summed E-state index contributed by atoms with van der Waals surface area (Å²) in [5.74, 6) is -0.246. The van der Waals surface area contributed by atoms with Crippen LogP contribution < -0.4 is 10.0 Å². The third-order valence-electron chi connectivity index (χ3n) is 2.92. The third kappa shape index (κ3) is 4.80. The van der Waals surface area contributed by atoms with Crippen molar-refractivity contribution in [2.45, 2.75) is 24.8 Å². The fraction of sp³-hybridized carbons (Fsp3) is 0.188. The van der Waals surface area contributed by atoms with Crippen molar-refractivity contribution in [2.75, 3.05) is 4.72 Å². The molecule has 0 fully saturated rings. The predicted octanol–water partition coefficient (Wildman–Crippen LogP) is 3.39. The molecule has 0 spiro atoms. The molecule has 0 unspecified atom stereocenters. The van der Waals surface area contributed by atoms with Crippen molar-refractivity contribution in [3.05, 3.63) is 58.6 Å². The second kappa shape index (κ2) is 7.14. The third-order valence-corrected chi connectivity index (χ3v) is 4.85. The molecule has 0 bridgehead atoms. The molecule has 0 aliphatic heterocycles. The van der Waals surface area contributed by atoms with Gasteiger partial charge in [-0.15, -0.1) is 0 Å². The first-order valence-electron chi connectivity index (χ1n) is 6.97. The van der Waals surface area contributed by atoms with E-state index in [0.29, 0.717) is 11.3 Å². The number of nitrogens with one attached hydrogen (secondary N) is 2. The Labute approximate surface area is 144 Å². The van der Waals surface area contributed by atoms with Gasteiger partial charge in [-0.2, -0.15) is 0 Å². The molecule has 0 aromatic heterocycles. The first-order chi connectivity index (χ1) is 10.8. The maximum absolute atomic E-state index is 12.3. The Morgan fingerprint density at radius 2 is 1.74 bits per heavy atom. The summed E-state index contributed by atoms with van der Waals surface area (Å²) in [7, 11) is -3.70. The zero-order chi connectivity index (χ0) is 17.0. The van der Waals surface area contributed by atoms with Gasteiger partial charge in [0.25, 0.3) is 15.9 Å². The van der Waals surface area contributed by atoms with Crippen molar-refractivity contribution >= 4 is 37.5 Å². The van der Waals surface area contributed by atoms with Gasteiger partial charge >= 0.3 is 0 Å². The van der Waals surface area contributed by atoms with Crippen molar-refractivity contribution < 1.29 is 13.2 Å². The summed E-state index contributed by atoms with van der Waals surface area (Å²) in [6.07, 6.45) is 0. The van der Waals surface area contributed by atoms with E-state index in [1.807, 2.05) is 13.8 Å². The van der Waals surface area contributed by atoms with Crippen molar-refractivity contribution in [3.63, 3.8) is 0 Å². The molecule has 0 saturated heterocycles. The predicted molar refractivity (Wildman–Crippen MR) is 94.0 cm³/mol. The highest BCUT2D eigenvalue weighted by molar-refractivity contribution is 9.10. The van der Waals surface area contributed by atoms with Crippen LogP contribution in [-0.2, 0) is 10.0 Å². The topological polar surface area (TPSA) is 75.3 Å². The molecule has 2 aromatic carbocycles. The highest BCUT2D eigenvalue weighted by Gasteiger charge is 2.15. The van der Waals surface area contributed by atoms with Crippen molar-refractivity contribution in [1.82, 2.24) is 5.32 Å². The van der Waals surface area contributed by atoms with Gasteiger partial charge in [0.05, 0.1) is 4.90 Å². The van der Waals surface area contributed by atoms with Crippen LogP contribution in [0.3, 0.4) is 0 Å². The zero-order valence-corrected chi connectivity index (χ0v) is 15.1. The lowest BCUT2D eigenvalue weighted by atomic mass is 10.2. The molecule has 0 aliphatic carbocycles. The number of carbonyl (C=O) groups is 1. The Hall–Kier alpha value is -1.86. The van der Waals surface area contributed by atoms with Crippen LogP contribution in [0.25, 0.3) is 0 Å². The Morgan fingerprint density at radius 1 is 1.09 bits per heavy atom. The SMILES string of the molecule is CC(C)NC(=O)c1cccc(NS(=O)(=O)c2ccc(Br)cc2)c1. The maximum Gasteiger partial charge on any atom is 0.261 e. The Kier molecular flexibility index (Phi) is 5.43.